The number of hydrogen-bond donors (Lipinski definition) is 0. The Kier molecular flexibility index (Phi) is 4.91. The van der Waals surface area contributed by atoms with E-state index in [-0.39, 0.29) is 5.91 Å². The molecule has 1 fully saturated rings. The zero-order valence-electron chi connectivity index (χ0n) is 13.6. The van der Waals surface area contributed by atoms with E-state index in [1.54, 1.807) is 17.0 Å². The van der Waals surface area contributed by atoms with Crippen LogP contribution in [0, 0.1) is 0 Å². The first-order valence-electron chi connectivity index (χ1n) is 8.23. The Balaban J connectivity index is 1.59. The Morgan fingerprint density at radius 3 is 2.78 bits per heavy atom. The minimum atomic E-state index is 0.0996. The van der Waals surface area contributed by atoms with Crippen LogP contribution in [0.1, 0.15) is 36.3 Å². The number of aryl methyl sites for hydroxylation is 1. The molecule has 4 heteroatoms. The van der Waals surface area contributed by atoms with E-state index >= 15 is 0 Å². The van der Waals surface area contributed by atoms with Gasteiger partial charge >= 0.3 is 0 Å². The van der Waals surface area contributed by atoms with Crippen molar-refractivity contribution in [1.82, 2.24) is 14.7 Å². The number of hydrogen-bond acceptors (Lipinski definition) is 2. The first-order valence-corrected chi connectivity index (χ1v) is 8.23. The molecule has 0 bridgehead atoms. The fraction of sp³-hybridized carbons (Fsp3) is 0.368. The predicted molar refractivity (Wildman–Crippen MR) is 91.9 cm³/mol. The molecule has 3 rings (SSSR count). The number of nitrogens with zero attached hydrogens (tertiary/aromatic N) is 3. The summed E-state index contributed by atoms with van der Waals surface area (Å²) >= 11 is 0. The van der Waals surface area contributed by atoms with Crippen molar-refractivity contribution in [1.29, 1.82) is 0 Å². The van der Waals surface area contributed by atoms with Crippen LogP contribution < -0.4 is 0 Å². The molecule has 120 valence electrons. The summed E-state index contributed by atoms with van der Waals surface area (Å²) in [5, 5.41) is 4.11. The van der Waals surface area contributed by atoms with Crippen molar-refractivity contribution in [2.24, 2.45) is 7.05 Å². The molecule has 0 N–H and O–H groups in total. The van der Waals surface area contributed by atoms with Crippen molar-refractivity contribution < 1.29 is 4.79 Å². The Morgan fingerprint density at radius 2 is 2.04 bits per heavy atom. The standard InChI is InChI=1S/C19H23N3O/c1-21-15-16(14-20-21)9-10-19(23)22-12-5-8-18(11-13-22)17-6-3-2-4-7-17/h2-4,6-7,9-10,14-15,18H,5,8,11-13H2,1H3/b10-9+/t18-/m0/s1. The van der Waals surface area contributed by atoms with Gasteiger partial charge in [-0.3, -0.25) is 9.48 Å². The molecule has 1 aliphatic heterocycles. The van der Waals surface area contributed by atoms with Gasteiger partial charge in [0.2, 0.25) is 5.91 Å². The summed E-state index contributed by atoms with van der Waals surface area (Å²) in [5.74, 6) is 0.666. The monoisotopic (exact) mass is 309 g/mol. The second-order valence-electron chi connectivity index (χ2n) is 6.14. The van der Waals surface area contributed by atoms with E-state index in [4.69, 9.17) is 0 Å². The third kappa shape index (κ3) is 4.09. The third-order valence-corrected chi connectivity index (χ3v) is 4.45. The molecule has 0 spiro atoms. The molecular weight excluding hydrogens is 286 g/mol. The van der Waals surface area contributed by atoms with E-state index in [0.717, 1.165) is 37.9 Å². The Labute approximate surface area is 137 Å². The van der Waals surface area contributed by atoms with Gasteiger partial charge in [0, 0.05) is 38.0 Å². The highest BCUT2D eigenvalue weighted by Gasteiger charge is 2.20. The zero-order valence-corrected chi connectivity index (χ0v) is 13.6. The number of aromatic nitrogens is 2. The van der Waals surface area contributed by atoms with Gasteiger partial charge in [-0.2, -0.15) is 5.10 Å². The number of likely N-dealkylation sites (tertiary alicyclic amines) is 1. The average Bonchev–Trinajstić information content (AvgIpc) is 2.85. The average molecular weight is 309 g/mol. The van der Waals surface area contributed by atoms with Gasteiger partial charge in [0.1, 0.15) is 0 Å². The van der Waals surface area contributed by atoms with Crippen molar-refractivity contribution in [2.75, 3.05) is 13.1 Å². The Hall–Kier alpha value is -2.36. The fourth-order valence-corrected chi connectivity index (χ4v) is 3.17. The van der Waals surface area contributed by atoms with Gasteiger partial charge in [-0.05, 0) is 36.8 Å². The maximum atomic E-state index is 12.4. The molecule has 0 radical (unpaired) electrons. The van der Waals surface area contributed by atoms with E-state index in [1.807, 2.05) is 24.2 Å². The highest BCUT2D eigenvalue weighted by atomic mass is 16.2. The summed E-state index contributed by atoms with van der Waals surface area (Å²) < 4.78 is 1.74. The lowest BCUT2D eigenvalue weighted by Crippen LogP contribution is -2.30. The molecule has 1 aliphatic rings. The normalized spacial score (nSPS) is 19.0. The zero-order chi connectivity index (χ0) is 16.1. The molecule has 1 atom stereocenters. The summed E-state index contributed by atoms with van der Waals surface area (Å²) in [6, 6.07) is 10.6. The van der Waals surface area contributed by atoms with E-state index < -0.39 is 0 Å². The molecule has 1 amide bonds. The number of carbonyl (C=O) groups is 1. The molecule has 23 heavy (non-hydrogen) atoms. The van der Waals surface area contributed by atoms with Crippen LogP contribution in [-0.2, 0) is 11.8 Å². The molecule has 0 unspecified atom stereocenters. The van der Waals surface area contributed by atoms with Gasteiger partial charge in [0.15, 0.2) is 0 Å². The van der Waals surface area contributed by atoms with E-state index in [1.165, 1.54) is 5.56 Å². The molecule has 1 saturated heterocycles. The van der Waals surface area contributed by atoms with Crippen LogP contribution in [-0.4, -0.2) is 33.7 Å². The maximum Gasteiger partial charge on any atom is 0.246 e. The van der Waals surface area contributed by atoms with Crippen molar-refractivity contribution in [3.63, 3.8) is 0 Å². The molecule has 2 heterocycles. The number of carbonyl (C=O) groups excluding carboxylic acids is 1. The first-order chi connectivity index (χ1) is 11.2. The van der Waals surface area contributed by atoms with Gasteiger partial charge in [-0.1, -0.05) is 30.3 Å². The predicted octanol–water partition coefficient (Wildman–Crippen LogP) is 3.23. The molecule has 2 aromatic rings. The fourth-order valence-electron chi connectivity index (χ4n) is 3.17. The maximum absolute atomic E-state index is 12.4. The number of benzene rings is 1. The minimum Gasteiger partial charge on any atom is -0.339 e. The van der Waals surface area contributed by atoms with Crippen LogP contribution in [0.5, 0.6) is 0 Å². The van der Waals surface area contributed by atoms with E-state index in [9.17, 15) is 4.79 Å². The largest absolute Gasteiger partial charge is 0.339 e. The smallest absolute Gasteiger partial charge is 0.246 e. The van der Waals surface area contributed by atoms with E-state index in [2.05, 4.69) is 35.4 Å². The summed E-state index contributed by atoms with van der Waals surface area (Å²) in [6.07, 6.45) is 10.4. The molecule has 0 saturated carbocycles. The van der Waals surface area contributed by atoms with Crippen molar-refractivity contribution >= 4 is 12.0 Å². The summed E-state index contributed by atoms with van der Waals surface area (Å²) in [4.78, 5) is 14.4. The molecule has 0 aliphatic carbocycles. The van der Waals surface area contributed by atoms with Crippen LogP contribution in [0.25, 0.3) is 6.08 Å². The van der Waals surface area contributed by atoms with Crippen LogP contribution >= 0.6 is 0 Å². The molecule has 4 nitrogen and oxygen atoms in total. The van der Waals surface area contributed by atoms with Crippen LogP contribution in [0.4, 0.5) is 0 Å². The second kappa shape index (κ2) is 7.27. The van der Waals surface area contributed by atoms with Crippen LogP contribution in [0.3, 0.4) is 0 Å². The van der Waals surface area contributed by atoms with Gasteiger partial charge in [-0.25, -0.2) is 0 Å². The van der Waals surface area contributed by atoms with Gasteiger partial charge in [-0.15, -0.1) is 0 Å². The summed E-state index contributed by atoms with van der Waals surface area (Å²) in [5.41, 5.74) is 2.35. The van der Waals surface area contributed by atoms with E-state index in [0.29, 0.717) is 5.92 Å². The Morgan fingerprint density at radius 1 is 1.22 bits per heavy atom. The van der Waals surface area contributed by atoms with Crippen LogP contribution in [0.2, 0.25) is 0 Å². The minimum absolute atomic E-state index is 0.0996. The third-order valence-electron chi connectivity index (χ3n) is 4.45. The highest BCUT2D eigenvalue weighted by Crippen LogP contribution is 2.27. The molecular formula is C19H23N3O. The first kappa shape index (κ1) is 15.5. The van der Waals surface area contributed by atoms with Crippen molar-refractivity contribution in [3.05, 3.63) is 59.9 Å². The molecule has 1 aromatic carbocycles. The summed E-state index contributed by atoms with van der Waals surface area (Å²) in [7, 11) is 1.87. The molecule has 1 aromatic heterocycles. The SMILES string of the molecule is Cn1cc(/C=C/C(=O)N2CCC[C@H](c3ccccc3)CC2)cn1. The lowest BCUT2D eigenvalue weighted by atomic mass is 9.92. The van der Waals surface area contributed by atoms with Gasteiger partial charge in [0.05, 0.1) is 6.20 Å². The van der Waals surface area contributed by atoms with Crippen molar-refractivity contribution in [3.8, 4) is 0 Å². The van der Waals surface area contributed by atoms with Crippen molar-refractivity contribution in [2.45, 2.75) is 25.2 Å². The topological polar surface area (TPSA) is 38.1 Å². The summed E-state index contributed by atoms with van der Waals surface area (Å²) in [6.45, 7) is 1.68. The van der Waals surface area contributed by atoms with Gasteiger partial charge < -0.3 is 4.90 Å². The highest BCUT2D eigenvalue weighted by molar-refractivity contribution is 5.91. The lowest BCUT2D eigenvalue weighted by molar-refractivity contribution is -0.125. The quantitative estimate of drug-likeness (QED) is 0.816. The number of rotatable bonds is 3. The van der Waals surface area contributed by atoms with Crippen LogP contribution in [0.15, 0.2) is 48.8 Å². The second-order valence-corrected chi connectivity index (χ2v) is 6.14. The Bertz CT molecular complexity index is 675. The lowest BCUT2D eigenvalue weighted by Gasteiger charge is -2.19. The number of amides is 1. The van der Waals surface area contributed by atoms with Gasteiger partial charge in [0.25, 0.3) is 0 Å².